The number of aromatic nitrogens is 1. The third-order valence-electron chi connectivity index (χ3n) is 3.79. The van der Waals surface area contributed by atoms with Gasteiger partial charge in [-0.3, -0.25) is 4.99 Å². The summed E-state index contributed by atoms with van der Waals surface area (Å²) in [5.41, 5.74) is 10.7. The average molecular weight is 303 g/mol. The van der Waals surface area contributed by atoms with Gasteiger partial charge in [-0.15, -0.1) is 0 Å². The molecule has 112 valence electrons. The van der Waals surface area contributed by atoms with Crippen LogP contribution in [0.1, 0.15) is 11.1 Å². The summed E-state index contributed by atoms with van der Waals surface area (Å²) in [6, 6.07) is 15.0. The average Bonchev–Trinajstić information content (AvgIpc) is 3.14. The van der Waals surface area contributed by atoms with E-state index in [1.165, 1.54) is 0 Å². The zero-order chi connectivity index (χ0) is 15.8. The molecule has 5 nitrogen and oxygen atoms in total. The van der Waals surface area contributed by atoms with E-state index in [1.54, 1.807) is 24.4 Å². The first-order valence-electron chi connectivity index (χ1n) is 7.15. The molecule has 0 atom stereocenters. The molecule has 0 spiro atoms. The Balaban J connectivity index is 1.84. The fourth-order valence-corrected chi connectivity index (χ4v) is 2.61. The number of aliphatic imine (C=N–C) groups is 1. The highest BCUT2D eigenvalue weighted by atomic mass is 16.5. The van der Waals surface area contributed by atoms with E-state index in [4.69, 9.17) is 10.3 Å². The van der Waals surface area contributed by atoms with E-state index in [0.717, 1.165) is 22.4 Å². The lowest BCUT2D eigenvalue weighted by Crippen LogP contribution is -1.98. The smallest absolute Gasteiger partial charge is 0.365 e. The molecular weight excluding hydrogens is 290 g/mol. The largest absolute Gasteiger partial charge is 0.399 e. The standard InChI is InChI=1S/C18H13N3O2/c19-13-7-5-11(6-8-13)17-15(18(22)23-21-17)9-12-10-20-16-4-2-1-3-14(12)16/h1-10,21H,19H2/b12-9+. The number of H-pyrrole nitrogens is 1. The number of nitrogens with one attached hydrogen (secondary N) is 1. The molecular formula is C18H13N3O2. The van der Waals surface area contributed by atoms with E-state index < -0.39 is 5.63 Å². The van der Waals surface area contributed by atoms with Gasteiger partial charge in [0.25, 0.3) is 0 Å². The lowest BCUT2D eigenvalue weighted by molar-refractivity contribution is 0.393. The third-order valence-corrected chi connectivity index (χ3v) is 3.79. The van der Waals surface area contributed by atoms with Crippen LogP contribution >= 0.6 is 0 Å². The van der Waals surface area contributed by atoms with Gasteiger partial charge in [-0.2, -0.15) is 0 Å². The van der Waals surface area contributed by atoms with Crippen molar-refractivity contribution in [3.05, 3.63) is 70.1 Å². The molecule has 5 heteroatoms. The van der Waals surface area contributed by atoms with Crippen molar-refractivity contribution in [1.29, 1.82) is 0 Å². The van der Waals surface area contributed by atoms with Gasteiger partial charge in [0.1, 0.15) is 0 Å². The number of allylic oxidation sites excluding steroid dienone is 1. The Morgan fingerprint density at radius 2 is 1.87 bits per heavy atom. The van der Waals surface area contributed by atoms with E-state index in [1.807, 2.05) is 36.4 Å². The molecule has 0 saturated carbocycles. The molecule has 0 bridgehead atoms. The van der Waals surface area contributed by atoms with E-state index in [9.17, 15) is 4.79 Å². The van der Waals surface area contributed by atoms with Crippen LogP contribution in [0.4, 0.5) is 11.4 Å². The molecule has 4 rings (SSSR count). The second kappa shape index (κ2) is 5.14. The molecule has 3 aromatic rings. The Bertz CT molecular complexity index is 992. The number of benzene rings is 2. The molecule has 1 aromatic heterocycles. The zero-order valence-corrected chi connectivity index (χ0v) is 12.1. The maximum atomic E-state index is 12.1. The van der Waals surface area contributed by atoms with Crippen LogP contribution in [0.25, 0.3) is 22.9 Å². The summed E-state index contributed by atoms with van der Waals surface area (Å²) in [6.07, 6.45) is 3.55. The quantitative estimate of drug-likeness (QED) is 0.711. The number of para-hydroxylation sites is 1. The second-order valence-corrected chi connectivity index (χ2v) is 5.28. The van der Waals surface area contributed by atoms with Crippen molar-refractivity contribution in [3.63, 3.8) is 0 Å². The van der Waals surface area contributed by atoms with Gasteiger partial charge in [-0.25, -0.2) is 9.95 Å². The number of rotatable bonds is 2. The number of hydrogen-bond donors (Lipinski definition) is 2. The topological polar surface area (TPSA) is 84.4 Å². The summed E-state index contributed by atoms with van der Waals surface area (Å²) in [6.45, 7) is 0. The molecule has 23 heavy (non-hydrogen) atoms. The number of fused-ring (bicyclic) bond motifs is 1. The van der Waals surface area contributed by atoms with Crippen molar-refractivity contribution in [2.24, 2.45) is 4.99 Å². The van der Waals surface area contributed by atoms with Crippen LogP contribution in [-0.2, 0) is 0 Å². The van der Waals surface area contributed by atoms with Crippen molar-refractivity contribution >= 4 is 29.2 Å². The van der Waals surface area contributed by atoms with Crippen molar-refractivity contribution in [3.8, 4) is 11.3 Å². The van der Waals surface area contributed by atoms with Crippen LogP contribution < -0.4 is 11.4 Å². The lowest BCUT2D eigenvalue weighted by Gasteiger charge is -2.01. The van der Waals surface area contributed by atoms with Crippen molar-refractivity contribution < 1.29 is 4.52 Å². The van der Waals surface area contributed by atoms with Crippen LogP contribution in [0, 0.1) is 0 Å². The normalized spacial score (nSPS) is 14.3. The number of aromatic amines is 1. The van der Waals surface area contributed by atoms with Crippen molar-refractivity contribution in [2.45, 2.75) is 0 Å². The number of hydrogen-bond acceptors (Lipinski definition) is 4. The predicted molar refractivity (Wildman–Crippen MR) is 91.6 cm³/mol. The van der Waals surface area contributed by atoms with Gasteiger partial charge in [0, 0.05) is 28.6 Å². The van der Waals surface area contributed by atoms with Crippen molar-refractivity contribution in [2.75, 3.05) is 5.73 Å². The maximum absolute atomic E-state index is 12.1. The molecule has 0 fully saturated rings. The highest BCUT2D eigenvalue weighted by molar-refractivity contribution is 6.21. The van der Waals surface area contributed by atoms with Crippen molar-refractivity contribution in [1.82, 2.24) is 5.16 Å². The Hall–Kier alpha value is -3.34. The lowest BCUT2D eigenvalue weighted by atomic mass is 10.0. The summed E-state index contributed by atoms with van der Waals surface area (Å²) in [5.74, 6) is 0. The minimum absolute atomic E-state index is 0.415. The monoisotopic (exact) mass is 303 g/mol. The summed E-state index contributed by atoms with van der Waals surface area (Å²) in [7, 11) is 0. The SMILES string of the molecule is Nc1ccc(-c2[nH]oc(=O)c2/C=C2\C=Nc3ccccc32)cc1. The molecule has 2 aromatic carbocycles. The number of nitrogens with zero attached hydrogens (tertiary/aromatic N) is 1. The van der Waals surface area contributed by atoms with Crippen LogP contribution in [-0.4, -0.2) is 11.4 Å². The number of nitrogens with two attached hydrogens (primary N) is 1. The van der Waals surface area contributed by atoms with Gasteiger partial charge >= 0.3 is 5.63 Å². The first kappa shape index (κ1) is 13.3. The predicted octanol–water partition coefficient (Wildman–Crippen LogP) is 3.47. The van der Waals surface area contributed by atoms with Crippen LogP contribution in [0.15, 0.2) is 62.8 Å². The highest BCUT2D eigenvalue weighted by Crippen LogP contribution is 2.33. The fraction of sp³-hybridized carbons (Fsp3) is 0. The molecule has 0 aliphatic carbocycles. The van der Waals surface area contributed by atoms with Crippen LogP contribution in [0.3, 0.4) is 0 Å². The first-order chi connectivity index (χ1) is 11.2. The van der Waals surface area contributed by atoms with E-state index in [-0.39, 0.29) is 0 Å². The summed E-state index contributed by atoms with van der Waals surface area (Å²) in [5, 5.41) is 2.69. The molecule has 1 aliphatic heterocycles. The molecule has 0 saturated heterocycles. The molecule has 2 heterocycles. The number of nitrogen functional groups attached to an aromatic ring is 1. The van der Waals surface area contributed by atoms with Gasteiger partial charge in [0.05, 0.1) is 16.9 Å². The fourth-order valence-electron chi connectivity index (χ4n) is 2.61. The molecule has 3 N–H and O–H groups in total. The molecule has 0 amide bonds. The van der Waals surface area contributed by atoms with E-state index in [2.05, 4.69) is 10.1 Å². The van der Waals surface area contributed by atoms with E-state index >= 15 is 0 Å². The minimum atomic E-state index is -0.415. The maximum Gasteiger partial charge on any atom is 0.365 e. The molecule has 0 radical (unpaired) electrons. The highest BCUT2D eigenvalue weighted by Gasteiger charge is 2.16. The number of anilines is 1. The Kier molecular flexibility index (Phi) is 2.98. The summed E-state index contributed by atoms with van der Waals surface area (Å²) < 4.78 is 4.98. The van der Waals surface area contributed by atoms with E-state index in [0.29, 0.717) is 16.9 Å². The Labute approximate surface area is 131 Å². The zero-order valence-electron chi connectivity index (χ0n) is 12.1. The Morgan fingerprint density at radius 1 is 1.09 bits per heavy atom. The van der Waals surface area contributed by atoms with Gasteiger partial charge in [-0.05, 0) is 24.3 Å². The first-order valence-corrected chi connectivity index (χ1v) is 7.15. The van der Waals surface area contributed by atoms with Gasteiger partial charge in [0.2, 0.25) is 0 Å². The Morgan fingerprint density at radius 3 is 2.70 bits per heavy atom. The van der Waals surface area contributed by atoms with Crippen LogP contribution in [0.2, 0.25) is 0 Å². The van der Waals surface area contributed by atoms with Gasteiger partial charge in [-0.1, -0.05) is 30.3 Å². The van der Waals surface area contributed by atoms with Crippen LogP contribution in [0.5, 0.6) is 0 Å². The molecule has 1 aliphatic rings. The molecule has 0 unspecified atom stereocenters. The summed E-state index contributed by atoms with van der Waals surface area (Å²) in [4.78, 5) is 16.4. The third kappa shape index (κ3) is 2.28. The van der Waals surface area contributed by atoms with Gasteiger partial charge in [0.15, 0.2) is 0 Å². The summed E-state index contributed by atoms with van der Waals surface area (Å²) >= 11 is 0. The second-order valence-electron chi connectivity index (χ2n) is 5.28. The van der Waals surface area contributed by atoms with Gasteiger partial charge < -0.3 is 10.3 Å². The minimum Gasteiger partial charge on any atom is -0.399 e.